The normalized spacial score (nSPS) is 11.7. The Morgan fingerprint density at radius 3 is 2.50 bits per heavy atom. The van der Waals surface area contributed by atoms with Crippen LogP contribution in [0.1, 0.15) is 16.7 Å². The third kappa shape index (κ3) is 4.65. The first-order valence-electron chi connectivity index (χ1n) is 8.65. The molecule has 0 spiro atoms. The van der Waals surface area contributed by atoms with Crippen molar-refractivity contribution in [1.29, 1.82) is 0 Å². The van der Waals surface area contributed by atoms with Crippen molar-refractivity contribution < 1.29 is 14.8 Å². The molecule has 1 heterocycles. The van der Waals surface area contributed by atoms with E-state index in [1.165, 1.54) is 0 Å². The number of nitrogens with zero attached hydrogens (tertiary/aromatic N) is 1. The summed E-state index contributed by atoms with van der Waals surface area (Å²) in [5.41, 5.74) is 3.42. The molecule has 0 amide bonds. The van der Waals surface area contributed by atoms with E-state index < -0.39 is 0 Å². The second-order valence-corrected chi connectivity index (χ2v) is 7.52. The fraction of sp³-hybridized carbons (Fsp3) is 0.0909. The van der Waals surface area contributed by atoms with E-state index in [0.717, 1.165) is 11.3 Å². The molecule has 0 fully saturated rings. The molecule has 3 aromatic rings. The Labute approximate surface area is 177 Å². The molecule has 0 aliphatic heterocycles. The van der Waals surface area contributed by atoms with Gasteiger partial charge in [0.2, 0.25) is 5.70 Å². The number of thiocarbonyl (C=S) groups is 1. The lowest BCUT2D eigenvalue weighted by Crippen LogP contribution is -2.40. The summed E-state index contributed by atoms with van der Waals surface area (Å²) in [4.78, 5) is 0.296. The highest BCUT2D eigenvalue weighted by atomic mass is 79.9. The van der Waals surface area contributed by atoms with Gasteiger partial charge in [-0.3, -0.25) is 0 Å². The molecule has 0 atom stereocenters. The van der Waals surface area contributed by atoms with Crippen LogP contribution in [0.3, 0.4) is 0 Å². The number of aryl methyl sites for hydroxylation is 1. The van der Waals surface area contributed by atoms with Gasteiger partial charge in [-0.15, -0.1) is 0 Å². The maximum absolute atomic E-state index is 13.4. The number of nitrogens with one attached hydrogen (secondary N) is 1. The van der Waals surface area contributed by atoms with Gasteiger partial charge < -0.3 is 15.5 Å². The Bertz CT molecular complexity index is 1030. The molecule has 0 saturated carbocycles. The van der Waals surface area contributed by atoms with Crippen LogP contribution in [0.15, 0.2) is 77.5 Å². The van der Waals surface area contributed by atoms with Gasteiger partial charge in [0.1, 0.15) is 0 Å². The molecule has 0 aliphatic carbocycles. The monoisotopic (exact) mass is 454 g/mol. The Morgan fingerprint density at radius 2 is 1.82 bits per heavy atom. The summed E-state index contributed by atoms with van der Waals surface area (Å²) in [5.74, 6) is -0.225. The molecular formula is C22H19BrN2O2S. The maximum atomic E-state index is 13.4. The molecule has 6 heteroatoms. The molecular weight excluding hydrogens is 436 g/mol. The number of hydrogen-bond acceptors (Lipinski definition) is 3. The van der Waals surface area contributed by atoms with Crippen LogP contribution >= 0.6 is 28.1 Å². The van der Waals surface area contributed by atoms with Crippen molar-refractivity contribution in [3.63, 3.8) is 0 Å². The summed E-state index contributed by atoms with van der Waals surface area (Å²) >= 11 is 9.05. The number of rotatable bonds is 5. The highest BCUT2D eigenvalue weighted by Crippen LogP contribution is 2.24. The fourth-order valence-electron chi connectivity index (χ4n) is 2.69. The van der Waals surface area contributed by atoms with Crippen LogP contribution in [-0.4, -0.2) is 10.1 Å². The lowest BCUT2D eigenvalue weighted by Gasteiger charge is -2.18. The Hall–Kier alpha value is -2.54. The van der Waals surface area contributed by atoms with Crippen LogP contribution in [0.5, 0.6) is 0 Å². The van der Waals surface area contributed by atoms with Gasteiger partial charge in [-0.25, -0.2) is 0 Å². The number of anilines is 1. The molecule has 0 saturated heterocycles. The SMILES string of the molecule is Cc1ccc(NC(=S)/C(=C(\[O-])c2ccccc2Br)[n+]2cccc(CO)c2)cc1. The first kappa shape index (κ1) is 20.2. The molecule has 1 aromatic heterocycles. The lowest BCUT2D eigenvalue weighted by atomic mass is 10.1. The molecule has 0 bridgehead atoms. The van der Waals surface area contributed by atoms with Crippen molar-refractivity contribution in [2.75, 3.05) is 5.32 Å². The van der Waals surface area contributed by atoms with Crippen LogP contribution < -0.4 is 15.0 Å². The van der Waals surface area contributed by atoms with E-state index in [1.807, 2.05) is 43.3 Å². The van der Waals surface area contributed by atoms with Gasteiger partial charge >= 0.3 is 0 Å². The predicted molar refractivity (Wildman–Crippen MR) is 117 cm³/mol. The highest BCUT2D eigenvalue weighted by molar-refractivity contribution is 9.10. The van der Waals surface area contributed by atoms with Gasteiger partial charge in [0.05, 0.1) is 6.61 Å². The van der Waals surface area contributed by atoms with Gasteiger partial charge in [-0.2, -0.15) is 4.57 Å². The number of pyridine rings is 1. The van der Waals surface area contributed by atoms with E-state index >= 15 is 0 Å². The van der Waals surface area contributed by atoms with Crippen molar-refractivity contribution in [2.24, 2.45) is 0 Å². The molecule has 4 nitrogen and oxygen atoms in total. The number of aliphatic hydroxyl groups is 1. The Morgan fingerprint density at radius 1 is 1.11 bits per heavy atom. The molecule has 0 radical (unpaired) electrons. The average molecular weight is 455 g/mol. The summed E-state index contributed by atoms with van der Waals surface area (Å²) in [6, 6.07) is 18.5. The molecule has 2 aromatic carbocycles. The van der Waals surface area contributed by atoms with Gasteiger partial charge in [0.25, 0.3) is 0 Å². The van der Waals surface area contributed by atoms with Gasteiger partial charge in [-0.1, -0.05) is 64.0 Å². The number of aliphatic hydroxyl groups excluding tert-OH is 1. The average Bonchev–Trinajstić information content (AvgIpc) is 2.70. The third-order valence-electron chi connectivity index (χ3n) is 4.16. The maximum Gasteiger partial charge on any atom is 0.238 e. The number of benzene rings is 2. The van der Waals surface area contributed by atoms with Crippen LogP contribution in [-0.2, 0) is 6.61 Å². The highest BCUT2D eigenvalue weighted by Gasteiger charge is 2.20. The topological polar surface area (TPSA) is 59.2 Å². The summed E-state index contributed by atoms with van der Waals surface area (Å²) in [6.07, 6.45) is 3.44. The zero-order valence-corrected chi connectivity index (χ0v) is 17.6. The molecule has 28 heavy (non-hydrogen) atoms. The van der Waals surface area contributed by atoms with Gasteiger partial charge in [0.15, 0.2) is 17.4 Å². The molecule has 0 unspecified atom stereocenters. The molecule has 3 rings (SSSR count). The van der Waals surface area contributed by atoms with E-state index in [9.17, 15) is 10.2 Å². The van der Waals surface area contributed by atoms with Gasteiger partial charge in [-0.05, 0) is 42.5 Å². The number of aromatic nitrogens is 1. The van der Waals surface area contributed by atoms with Crippen molar-refractivity contribution in [2.45, 2.75) is 13.5 Å². The second-order valence-electron chi connectivity index (χ2n) is 6.26. The van der Waals surface area contributed by atoms with Crippen LogP contribution in [0.25, 0.3) is 11.5 Å². The smallest absolute Gasteiger partial charge is 0.238 e. The van der Waals surface area contributed by atoms with E-state index in [2.05, 4.69) is 21.2 Å². The predicted octanol–water partition coefficient (Wildman–Crippen LogP) is 3.66. The summed E-state index contributed by atoms with van der Waals surface area (Å²) in [5, 5.41) is 26.0. The molecule has 142 valence electrons. The fourth-order valence-corrected chi connectivity index (χ4v) is 3.48. The molecule has 2 N–H and O–H groups in total. The quantitative estimate of drug-likeness (QED) is 0.267. The lowest BCUT2D eigenvalue weighted by molar-refractivity contribution is -0.578. The first-order chi connectivity index (χ1) is 13.5. The van der Waals surface area contributed by atoms with Crippen molar-refractivity contribution >= 4 is 50.3 Å². The van der Waals surface area contributed by atoms with E-state index in [4.69, 9.17) is 12.2 Å². The minimum absolute atomic E-state index is 0.129. The standard InChI is InChI=1S/C22H19BrN2O2S/c1-15-8-10-17(11-9-15)24-22(28)20(25-12-4-5-16(13-25)14-26)21(27)18-6-2-3-7-19(18)23/h2-13,26H,14H2,1H3,(H-,24,27,28). The second kappa shape index (κ2) is 9.10. The molecule has 0 aliphatic rings. The number of hydrogen-bond donors (Lipinski definition) is 2. The largest absolute Gasteiger partial charge is 0.867 e. The van der Waals surface area contributed by atoms with E-state index in [-0.39, 0.29) is 12.4 Å². The summed E-state index contributed by atoms with van der Waals surface area (Å²) in [6.45, 7) is 1.88. The van der Waals surface area contributed by atoms with Crippen molar-refractivity contribution in [3.05, 3.63) is 94.2 Å². The van der Waals surface area contributed by atoms with Crippen molar-refractivity contribution in [3.8, 4) is 0 Å². The summed E-state index contributed by atoms with van der Waals surface area (Å²) in [7, 11) is 0. The van der Waals surface area contributed by atoms with Crippen LogP contribution in [0, 0.1) is 6.92 Å². The Balaban J connectivity index is 2.10. The van der Waals surface area contributed by atoms with Crippen molar-refractivity contribution in [1.82, 2.24) is 0 Å². The minimum Gasteiger partial charge on any atom is -0.867 e. The minimum atomic E-state index is -0.225. The Kier molecular flexibility index (Phi) is 6.57. The summed E-state index contributed by atoms with van der Waals surface area (Å²) < 4.78 is 2.34. The first-order valence-corrected chi connectivity index (χ1v) is 9.85. The number of halogens is 1. The van der Waals surface area contributed by atoms with Gasteiger partial charge in [0, 0.05) is 21.8 Å². The zero-order valence-electron chi connectivity index (χ0n) is 15.2. The van der Waals surface area contributed by atoms with E-state index in [0.29, 0.717) is 26.3 Å². The van der Waals surface area contributed by atoms with Crippen LogP contribution in [0.2, 0.25) is 0 Å². The zero-order chi connectivity index (χ0) is 20.1. The van der Waals surface area contributed by atoms with Crippen LogP contribution in [0.4, 0.5) is 5.69 Å². The van der Waals surface area contributed by atoms with E-state index in [1.54, 1.807) is 41.2 Å². The third-order valence-corrected chi connectivity index (χ3v) is 5.15.